The molecule has 1 fully saturated rings. The molecule has 0 atom stereocenters. The first-order valence-electron chi connectivity index (χ1n) is 11.3. The summed E-state index contributed by atoms with van der Waals surface area (Å²) in [6, 6.07) is 17.8. The van der Waals surface area contributed by atoms with Crippen LogP contribution < -0.4 is 9.47 Å². The van der Waals surface area contributed by atoms with Crippen molar-refractivity contribution < 1.29 is 19.1 Å². The van der Waals surface area contributed by atoms with Crippen molar-refractivity contribution in [3.05, 3.63) is 75.8 Å². The molecule has 0 aliphatic carbocycles. The minimum absolute atomic E-state index is 0.0562. The molecule has 1 aliphatic heterocycles. The van der Waals surface area contributed by atoms with Crippen LogP contribution in [0.3, 0.4) is 0 Å². The number of hydrogen-bond acceptors (Lipinski definition) is 5. The molecule has 35 heavy (non-hydrogen) atoms. The number of carbonyl (C=O) groups is 2. The summed E-state index contributed by atoms with van der Waals surface area (Å²) in [6.07, 6.45) is 1.57. The fourth-order valence-electron chi connectivity index (χ4n) is 4.08. The lowest BCUT2D eigenvalue weighted by atomic mass is 10.1. The first-order chi connectivity index (χ1) is 16.9. The molecule has 0 aromatic heterocycles. The van der Waals surface area contributed by atoms with Crippen LogP contribution in [0.1, 0.15) is 25.0 Å². The Kier molecular flexibility index (Phi) is 7.52. The third kappa shape index (κ3) is 4.81. The normalized spacial score (nSPS) is 14.1. The number of halogens is 1. The van der Waals surface area contributed by atoms with Gasteiger partial charge in [0.25, 0.3) is 11.8 Å². The number of ether oxygens (including phenoxy) is 2. The SMILES string of the molecule is CCN1C(=O)C(=Cc2cc(Br)c(OCc3cccc4ccccc34)c(OC)c2)C(=O)N(CC)C1=S. The van der Waals surface area contributed by atoms with Crippen molar-refractivity contribution in [3.63, 3.8) is 0 Å². The Morgan fingerprint density at radius 1 is 0.971 bits per heavy atom. The number of fused-ring (bicyclic) bond motifs is 1. The van der Waals surface area contributed by atoms with Crippen molar-refractivity contribution in [1.82, 2.24) is 9.80 Å². The van der Waals surface area contributed by atoms with E-state index in [4.69, 9.17) is 21.7 Å². The zero-order chi connectivity index (χ0) is 25.1. The van der Waals surface area contributed by atoms with E-state index < -0.39 is 11.8 Å². The van der Waals surface area contributed by atoms with E-state index in [1.165, 1.54) is 9.80 Å². The van der Waals surface area contributed by atoms with Gasteiger partial charge in [0, 0.05) is 13.1 Å². The van der Waals surface area contributed by atoms with E-state index in [-0.39, 0.29) is 10.7 Å². The molecule has 0 saturated carbocycles. The second-order valence-corrected chi connectivity index (χ2v) is 9.12. The highest BCUT2D eigenvalue weighted by molar-refractivity contribution is 9.10. The summed E-state index contributed by atoms with van der Waals surface area (Å²) in [7, 11) is 1.55. The molecule has 3 aromatic carbocycles. The Balaban J connectivity index is 1.66. The third-order valence-corrected chi connectivity index (χ3v) is 6.89. The molecule has 8 heteroatoms. The molecular formula is C27H25BrN2O4S. The summed E-state index contributed by atoms with van der Waals surface area (Å²) in [6.45, 7) is 4.77. The van der Waals surface area contributed by atoms with Crippen molar-refractivity contribution in [3.8, 4) is 11.5 Å². The predicted octanol–water partition coefficient (Wildman–Crippen LogP) is 5.57. The van der Waals surface area contributed by atoms with Crippen LogP contribution in [0.5, 0.6) is 11.5 Å². The summed E-state index contributed by atoms with van der Waals surface area (Å²) in [5, 5.41) is 2.50. The largest absolute Gasteiger partial charge is 0.493 e. The second kappa shape index (κ2) is 10.6. The minimum atomic E-state index is -0.404. The van der Waals surface area contributed by atoms with Gasteiger partial charge in [-0.2, -0.15) is 0 Å². The Labute approximate surface area is 218 Å². The molecule has 1 aliphatic rings. The molecular weight excluding hydrogens is 528 g/mol. The molecule has 1 saturated heterocycles. The molecule has 4 rings (SSSR count). The van der Waals surface area contributed by atoms with Gasteiger partial charge >= 0.3 is 0 Å². The van der Waals surface area contributed by atoms with E-state index in [0.717, 1.165) is 16.3 Å². The van der Waals surface area contributed by atoms with Gasteiger partial charge in [0.15, 0.2) is 16.6 Å². The molecule has 2 amide bonds. The van der Waals surface area contributed by atoms with Gasteiger partial charge in [-0.15, -0.1) is 0 Å². The van der Waals surface area contributed by atoms with Crippen LogP contribution in [0.4, 0.5) is 0 Å². The van der Waals surface area contributed by atoms with E-state index in [9.17, 15) is 9.59 Å². The average Bonchev–Trinajstić information content (AvgIpc) is 2.86. The maximum atomic E-state index is 13.0. The number of benzene rings is 3. The maximum absolute atomic E-state index is 13.0. The highest BCUT2D eigenvalue weighted by atomic mass is 79.9. The zero-order valence-electron chi connectivity index (χ0n) is 19.7. The summed E-state index contributed by atoms with van der Waals surface area (Å²) in [5.41, 5.74) is 1.74. The fraction of sp³-hybridized carbons (Fsp3) is 0.222. The maximum Gasteiger partial charge on any atom is 0.265 e. The zero-order valence-corrected chi connectivity index (χ0v) is 22.1. The standard InChI is InChI=1S/C27H25BrN2O4S/c1-4-29-25(31)21(26(32)30(5-2)27(29)35)13-17-14-22(28)24(23(15-17)33-3)34-16-19-11-8-10-18-9-6-7-12-20(18)19/h6-15H,4-5,16H2,1-3H3. The van der Waals surface area contributed by atoms with E-state index in [0.29, 0.717) is 41.2 Å². The van der Waals surface area contributed by atoms with Crippen molar-refractivity contribution in [2.24, 2.45) is 0 Å². The summed E-state index contributed by atoms with van der Waals surface area (Å²) in [4.78, 5) is 28.8. The molecule has 0 spiro atoms. The first-order valence-corrected chi connectivity index (χ1v) is 12.5. The van der Waals surface area contributed by atoms with Crippen LogP contribution in [-0.4, -0.2) is 46.9 Å². The van der Waals surface area contributed by atoms with E-state index in [1.54, 1.807) is 25.3 Å². The lowest BCUT2D eigenvalue weighted by molar-refractivity contribution is -0.133. The Hall–Kier alpha value is -3.23. The molecule has 1 heterocycles. The quantitative estimate of drug-likeness (QED) is 0.218. The molecule has 0 radical (unpaired) electrons. The van der Waals surface area contributed by atoms with Crippen molar-refractivity contribution in [1.29, 1.82) is 0 Å². The monoisotopic (exact) mass is 552 g/mol. The van der Waals surface area contributed by atoms with Crippen molar-refractivity contribution >= 4 is 61.9 Å². The summed E-state index contributed by atoms with van der Waals surface area (Å²) < 4.78 is 12.4. The Bertz CT molecular complexity index is 1320. The molecule has 180 valence electrons. The van der Waals surface area contributed by atoms with Gasteiger partial charge in [0.1, 0.15) is 12.2 Å². The van der Waals surface area contributed by atoms with Crippen LogP contribution in [-0.2, 0) is 16.2 Å². The first kappa shape index (κ1) is 24.9. The topological polar surface area (TPSA) is 59.1 Å². The van der Waals surface area contributed by atoms with Gasteiger partial charge in [-0.05, 0) is 82.1 Å². The van der Waals surface area contributed by atoms with E-state index >= 15 is 0 Å². The Morgan fingerprint density at radius 2 is 1.63 bits per heavy atom. The summed E-state index contributed by atoms with van der Waals surface area (Å²) in [5.74, 6) is 0.213. The number of hydrogen-bond donors (Lipinski definition) is 0. The van der Waals surface area contributed by atoms with Gasteiger partial charge in [0.2, 0.25) is 0 Å². The molecule has 0 bridgehead atoms. The van der Waals surface area contributed by atoms with Crippen LogP contribution in [0.15, 0.2) is 64.6 Å². The van der Waals surface area contributed by atoms with Crippen molar-refractivity contribution in [2.45, 2.75) is 20.5 Å². The van der Waals surface area contributed by atoms with Crippen LogP contribution >= 0.6 is 28.1 Å². The van der Waals surface area contributed by atoms with Crippen molar-refractivity contribution in [2.75, 3.05) is 20.2 Å². The number of nitrogens with zero attached hydrogens (tertiary/aromatic N) is 2. The smallest absolute Gasteiger partial charge is 0.265 e. The molecule has 0 N–H and O–H groups in total. The van der Waals surface area contributed by atoms with Crippen LogP contribution in [0.25, 0.3) is 16.8 Å². The highest BCUT2D eigenvalue weighted by Crippen LogP contribution is 2.38. The second-order valence-electron chi connectivity index (χ2n) is 7.90. The minimum Gasteiger partial charge on any atom is -0.493 e. The van der Waals surface area contributed by atoms with E-state index in [1.807, 2.05) is 38.1 Å². The number of rotatable bonds is 7. The number of amides is 2. The van der Waals surface area contributed by atoms with Gasteiger partial charge in [-0.25, -0.2) is 0 Å². The number of methoxy groups -OCH3 is 1. The number of likely N-dealkylation sites (N-methyl/N-ethyl adjacent to an activating group) is 2. The van der Waals surface area contributed by atoms with E-state index in [2.05, 4.69) is 34.1 Å². The summed E-state index contributed by atoms with van der Waals surface area (Å²) >= 11 is 8.91. The van der Waals surface area contributed by atoms with Crippen LogP contribution in [0.2, 0.25) is 0 Å². The third-order valence-electron chi connectivity index (χ3n) is 5.86. The molecule has 3 aromatic rings. The molecule has 6 nitrogen and oxygen atoms in total. The van der Waals surface area contributed by atoms with Gasteiger partial charge in [-0.1, -0.05) is 42.5 Å². The lowest BCUT2D eigenvalue weighted by Gasteiger charge is -2.35. The number of thiocarbonyl (C=S) groups is 1. The van der Waals surface area contributed by atoms with Gasteiger partial charge < -0.3 is 9.47 Å². The highest BCUT2D eigenvalue weighted by Gasteiger charge is 2.37. The fourth-order valence-corrected chi connectivity index (χ4v) is 5.08. The predicted molar refractivity (Wildman–Crippen MR) is 144 cm³/mol. The molecule has 0 unspecified atom stereocenters. The average molecular weight is 553 g/mol. The number of carbonyl (C=O) groups excluding carboxylic acids is 2. The lowest BCUT2D eigenvalue weighted by Crippen LogP contribution is -2.55. The van der Waals surface area contributed by atoms with Gasteiger partial charge in [0.05, 0.1) is 11.6 Å². The van der Waals surface area contributed by atoms with Gasteiger partial charge in [-0.3, -0.25) is 19.4 Å². The Morgan fingerprint density at radius 3 is 2.29 bits per heavy atom. The van der Waals surface area contributed by atoms with Crippen LogP contribution in [0, 0.1) is 0 Å².